The van der Waals surface area contributed by atoms with Gasteiger partial charge in [0.05, 0.1) is 5.41 Å². The second-order valence-corrected chi connectivity index (χ2v) is 6.74. The number of nitrogens with one attached hydrogen (secondary N) is 3. The molecular weight excluding hydrogens is 354 g/mol. The van der Waals surface area contributed by atoms with Crippen LogP contribution in [-0.2, 0) is 17.9 Å². The molecule has 2 rings (SSSR count). The third-order valence-electron chi connectivity index (χ3n) is 5.07. The van der Waals surface area contributed by atoms with Crippen LogP contribution in [0.1, 0.15) is 37.8 Å². The zero-order valence-electron chi connectivity index (χ0n) is 16.5. The maximum atomic E-state index is 12.5. The zero-order chi connectivity index (χ0) is 20.4. The average molecular weight is 383 g/mol. The number of hydrogen-bond donors (Lipinski definition) is 4. The normalized spacial score (nSPS) is 11.0. The van der Waals surface area contributed by atoms with Crippen LogP contribution < -0.4 is 21.7 Å². The van der Waals surface area contributed by atoms with Gasteiger partial charge in [0.25, 0.3) is 0 Å². The molecule has 1 aromatic carbocycles. The Bertz CT molecular complexity index is 767. The van der Waals surface area contributed by atoms with Gasteiger partial charge in [-0.15, -0.1) is 0 Å². The van der Waals surface area contributed by atoms with Crippen molar-refractivity contribution in [1.29, 1.82) is 0 Å². The van der Waals surface area contributed by atoms with Crippen LogP contribution in [0.2, 0.25) is 0 Å². The number of hydrogen-bond acceptors (Lipinski definition) is 4. The van der Waals surface area contributed by atoms with Crippen LogP contribution in [0.15, 0.2) is 48.8 Å². The van der Waals surface area contributed by atoms with Crippen molar-refractivity contribution in [2.24, 2.45) is 11.1 Å². The predicted octanol–water partition coefficient (Wildman–Crippen LogP) is 2.78. The first kappa shape index (κ1) is 21.4. The fourth-order valence-corrected chi connectivity index (χ4v) is 2.94. The Morgan fingerprint density at radius 1 is 1.00 bits per heavy atom. The lowest BCUT2D eigenvalue weighted by Crippen LogP contribution is -2.45. The van der Waals surface area contributed by atoms with E-state index < -0.39 is 5.41 Å². The third kappa shape index (κ3) is 5.79. The van der Waals surface area contributed by atoms with E-state index in [1.54, 1.807) is 18.5 Å². The number of rotatable bonds is 9. The van der Waals surface area contributed by atoms with Crippen molar-refractivity contribution >= 4 is 17.6 Å². The lowest BCUT2D eigenvalue weighted by atomic mass is 9.81. The van der Waals surface area contributed by atoms with E-state index in [2.05, 4.69) is 20.9 Å². The maximum Gasteiger partial charge on any atom is 0.319 e. The van der Waals surface area contributed by atoms with Gasteiger partial charge < -0.3 is 21.7 Å². The monoisotopic (exact) mass is 383 g/mol. The Labute approximate surface area is 166 Å². The highest BCUT2D eigenvalue weighted by molar-refractivity contribution is 5.89. The molecule has 0 aliphatic carbocycles. The van der Waals surface area contributed by atoms with Gasteiger partial charge in [-0.3, -0.25) is 9.78 Å². The van der Waals surface area contributed by atoms with Crippen LogP contribution in [0.25, 0.3) is 0 Å². The summed E-state index contributed by atoms with van der Waals surface area (Å²) in [5, 5.41) is 8.57. The van der Waals surface area contributed by atoms with Gasteiger partial charge in [0.2, 0.25) is 5.91 Å². The Balaban J connectivity index is 1.89. The van der Waals surface area contributed by atoms with Gasteiger partial charge in [-0.1, -0.05) is 26.0 Å². The van der Waals surface area contributed by atoms with E-state index in [1.165, 1.54) is 0 Å². The Morgan fingerprint density at radius 3 is 2.32 bits per heavy atom. The molecule has 28 heavy (non-hydrogen) atoms. The van der Waals surface area contributed by atoms with Crippen LogP contribution >= 0.6 is 0 Å². The molecule has 150 valence electrons. The molecule has 0 aliphatic heterocycles. The Kier molecular flexibility index (Phi) is 7.95. The van der Waals surface area contributed by atoms with E-state index in [0.717, 1.165) is 11.1 Å². The molecule has 3 amide bonds. The van der Waals surface area contributed by atoms with Crippen LogP contribution in [0.5, 0.6) is 0 Å². The number of carbonyl (C=O) groups excluding carboxylic acids is 2. The quantitative estimate of drug-likeness (QED) is 0.534. The van der Waals surface area contributed by atoms with Crippen LogP contribution in [0.3, 0.4) is 0 Å². The first-order valence-electron chi connectivity index (χ1n) is 9.54. The molecule has 7 nitrogen and oxygen atoms in total. The number of pyridine rings is 1. The van der Waals surface area contributed by atoms with Crippen molar-refractivity contribution in [3.63, 3.8) is 0 Å². The standard InChI is InChI=1S/C21H29N5O2/c1-3-21(4-2,15-22)19(27)24-14-17-6-5-7-18(12-17)26-20(28)25-13-16-8-10-23-11-9-16/h5-12H,3-4,13-15,22H2,1-2H3,(H,24,27)(H2,25,26,28). The highest BCUT2D eigenvalue weighted by atomic mass is 16.2. The first-order valence-corrected chi connectivity index (χ1v) is 9.54. The first-order chi connectivity index (χ1) is 13.5. The van der Waals surface area contributed by atoms with Crippen molar-refractivity contribution < 1.29 is 9.59 Å². The summed E-state index contributed by atoms with van der Waals surface area (Å²) in [5.74, 6) is -0.0338. The van der Waals surface area contributed by atoms with E-state index in [0.29, 0.717) is 38.2 Å². The number of benzene rings is 1. The highest BCUT2D eigenvalue weighted by Crippen LogP contribution is 2.25. The molecule has 7 heteroatoms. The number of urea groups is 1. The molecule has 0 saturated heterocycles. The summed E-state index contributed by atoms with van der Waals surface area (Å²) in [6, 6.07) is 10.8. The molecule has 0 aliphatic rings. The van der Waals surface area contributed by atoms with Crippen LogP contribution in [0.4, 0.5) is 10.5 Å². The van der Waals surface area contributed by atoms with E-state index in [9.17, 15) is 9.59 Å². The van der Waals surface area contributed by atoms with E-state index in [4.69, 9.17) is 5.73 Å². The summed E-state index contributed by atoms with van der Waals surface area (Å²) in [6.07, 6.45) is 4.77. The SMILES string of the molecule is CCC(CC)(CN)C(=O)NCc1cccc(NC(=O)NCc2ccncc2)c1. The second-order valence-electron chi connectivity index (χ2n) is 6.74. The lowest BCUT2D eigenvalue weighted by Gasteiger charge is -2.28. The number of carbonyl (C=O) groups is 2. The third-order valence-corrected chi connectivity index (χ3v) is 5.07. The van der Waals surface area contributed by atoms with Gasteiger partial charge in [-0.05, 0) is 48.2 Å². The molecule has 0 atom stereocenters. The minimum absolute atomic E-state index is 0.0338. The molecule has 0 bridgehead atoms. The summed E-state index contributed by atoms with van der Waals surface area (Å²) >= 11 is 0. The zero-order valence-corrected chi connectivity index (χ0v) is 16.5. The Hall–Kier alpha value is -2.93. The smallest absolute Gasteiger partial charge is 0.319 e. The number of aromatic nitrogens is 1. The van der Waals surface area contributed by atoms with Gasteiger partial charge in [-0.2, -0.15) is 0 Å². The molecule has 2 aromatic rings. The number of nitrogens with zero attached hydrogens (tertiary/aromatic N) is 1. The highest BCUT2D eigenvalue weighted by Gasteiger charge is 2.32. The molecule has 1 heterocycles. The molecule has 0 unspecified atom stereocenters. The van der Waals surface area contributed by atoms with Gasteiger partial charge in [0, 0.05) is 37.7 Å². The molecule has 1 aromatic heterocycles. The molecule has 0 fully saturated rings. The minimum atomic E-state index is -0.525. The van der Waals surface area contributed by atoms with E-state index >= 15 is 0 Å². The van der Waals surface area contributed by atoms with E-state index in [1.807, 2.05) is 44.2 Å². The lowest BCUT2D eigenvalue weighted by molar-refractivity contribution is -0.131. The van der Waals surface area contributed by atoms with Crippen molar-refractivity contribution in [3.05, 3.63) is 59.9 Å². The summed E-state index contributed by atoms with van der Waals surface area (Å²) < 4.78 is 0. The second kappa shape index (κ2) is 10.4. The summed E-state index contributed by atoms with van der Waals surface area (Å²) in [5.41, 5.74) is 7.84. The minimum Gasteiger partial charge on any atom is -0.352 e. The largest absolute Gasteiger partial charge is 0.352 e. The predicted molar refractivity (Wildman–Crippen MR) is 110 cm³/mol. The number of anilines is 1. The number of amides is 3. The van der Waals surface area contributed by atoms with Crippen LogP contribution in [-0.4, -0.2) is 23.5 Å². The maximum absolute atomic E-state index is 12.5. The fourth-order valence-electron chi connectivity index (χ4n) is 2.94. The van der Waals surface area contributed by atoms with Crippen LogP contribution in [0, 0.1) is 5.41 Å². The molecular formula is C21H29N5O2. The number of nitrogens with two attached hydrogens (primary N) is 1. The van der Waals surface area contributed by atoms with Crippen molar-refractivity contribution in [2.75, 3.05) is 11.9 Å². The molecule has 0 spiro atoms. The van der Waals surface area contributed by atoms with Crippen molar-refractivity contribution in [1.82, 2.24) is 15.6 Å². The molecule has 0 radical (unpaired) electrons. The van der Waals surface area contributed by atoms with Gasteiger partial charge in [0.1, 0.15) is 0 Å². The summed E-state index contributed by atoms with van der Waals surface area (Å²) in [6.45, 7) is 5.08. The van der Waals surface area contributed by atoms with Gasteiger partial charge in [0.15, 0.2) is 0 Å². The topological polar surface area (TPSA) is 109 Å². The van der Waals surface area contributed by atoms with Gasteiger partial charge >= 0.3 is 6.03 Å². The van der Waals surface area contributed by atoms with Crippen molar-refractivity contribution in [2.45, 2.75) is 39.8 Å². The molecule has 5 N–H and O–H groups in total. The summed E-state index contributed by atoms with van der Waals surface area (Å²) in [4.78, 5) is 28.6. The average Bonchev–Trinajstić information content (AvgIpc) is 2.73. The van der Waals surface area contributed by atoms with E-state index in [-0.39, 0.29) is 11.9 Å². The van der Waals surface area contributed by atoms with Crippen molar-refractivity contribution in [3.8, 4) is 0 Å². The summed E-state index contributed by atoms with van der Waals surface area (Å²) in [7, 11) is 0. The molecule has 0 saturated carbocycles. The Morgan fingerprint density at radius 2 is 1.68 bits per heavy atom. The van der Waals surface area contributed by atoms with Gasteiger partial charge in [-0.25, -0.2) is 4.79 Å². The fraction of sp³-hybridized carbons (Fsp3) is 0.381.